The van der Waals surface area contributed by atoms with Gasteiger partial charge in [0.1, 0.15) is 0 Å². The topological polar surface area (TPSA) is 52.6 Å². The number of unbranched alkanes of at least 4 members (excludes halogenated alkanes) is 1. The summed E-state index contributed by atoms with van der Waals surface area (Å²) in [5, 5.41) is 12.1. The molecule has 0 aliphatic carbocycles. The van der Waals surface area contributed by atoms with E-state index in [4.69, 9.17) is 5.11 Å². The molecule has 21 heavy (non-hydrogen) atoms. The quantitative estimate of drug-likeness (QED) is 0.734. The van der Waals surface area contributed by atoms with Gasteiger partial charge in [0, 0.05) is 6.54 Å². The normalized spacial score (nSPS) is 12.4. The Hall–Kier alpha value is -1.39. The third-order valence-electron chi connectivity index (χ3n) is 3.64. The third kappa shape index (κ3) is 6.27. The zero-order valence-corrected chi connectivity index (χ0v) is 13.4. The Labute approximate surface area is 128 Å². The number of aliphatic hydroxyl groups excluding tert-OH is 1. The number of carbonyl (C=O) groups is 1. The number of amides is 1. The van der Waals surface area contributed by atoms with Gasteiger partial charge in [-0.25, -0.2) is 0 Å². The Kier molecular flexibility index (Phi) is 8.01. The summed E-state index contributed by atoms with van der Waals surface area (Å²) >= 11 is 0. The second-order valence-corrected chi connectivity index (χ2v) is 5.50. The minimum absolute atomic E-state index is 0.000789. The third-order valence-corrected chi connectivity index (χ3v) is 3.64. The fourth-order valence-corrected chi connectivity index (χ4v) is 2.43. The molecule has 0 bridgehead atoms. The predicted molar refractivity (Wildman–Crippen MR) is 86.2 cm³/mol. The van der Waals surface area contributed by atoms with Crippen LogP contribution >= 0.6 is 0 Å². The lowest BCUT2D eigenvalue weighted by atomic mass is 10.0. The van der Waals surface area contributed by atoms with E-state index in [-0.39, 0.29) is 18.6 Å². The fraction of sp³-hybridized carbons (Fsp3) is 0.588. The molecule has 4 heteroatoms. The fourth-order valence-electron chi connectivity index (χ4n) is 2.43. The number of carbonyl (C=O) groups excluding carboxylic acids is 1. The van der Waals surface area contributed by atoms with E-state index in [0.29, 0.717) is 13.1 Å². The molecule has 0 radical (unpaired) electrons. The summed E-state index contributed by atoms with van der Waals surface area (Å²) < 4.78 is 0. The summed E-state index contributed by atoms with van der Waals surface area (Å²) in [6.45, 7) is 8.01. The first kappa shape index (κ1) is 17.7. The van der Waals surface area contributed by atoms with Crippen molar-refractivity contribution in [2.24, 2.45) is 0 Å². The van der Waals surface area contributed by atoms with Crippen LogP contribution in [-0.2, 0) is 4.79 Å². The smallest absolute Gasteiger partial charge is 0.234 e. The average Bonchev–Trinajstić information content (AvgIpc) is 2.45. The van der Waals surface area contributed by atoms with Gasteiger partial charge in [0.25, 0.3) is 0 Å². The van der Waals surface area contributed by atoms with Gasteiger partial charge in [-0.15, -0.1) is 0 Å². The number of nitrogens with zero attached hydrogens (tertiary/aromatic N) is 1. The molecule has 0 aliphatic heterocycles. The summed E-state index contributed by atoms with van der Waals surface area (Å²) in [5.74, 6) is 0.00954. The van der Waals surface area contributed by atoms with Crippen molar-refractivity contribution in [1.82, 2.24) is 10.2 Å². The lowest BCUT2D eigenvalue weighted by molar-refractivity contribution is -0.123. The molecule has 0 saturated heterocycles. The number of hydrogen-bond acceptors (Lipinski definition) is 3. The van der Waals surface area contributed by atoms with Crippen LogP contribution in [0.4, 0.5) is 0 Å². The molecule has 0 aliphatic rings. The Bertz CT molecular complexity index is 435. The molecule has 0 spiro atoms. The van der Waals surface area contributed by atoms with Crippen LogP contribution in [0.5, 0.6) is 0 Å². The van der Waals surface area contributed by atoms with Crippen molar-refractivity contribution in [1.29, 1.82) is 0 Å². The highest BCUT2D eigenvalue weighted by Crippen LogP contribution is 2.16. The molecular weight excluding hydrogens is 264 g/mol. The van der Waals surface area contributed by atoms with Crippen molar-refractivity contribution >= 4 is 5.91 Å². The SMILES string of the molecule is CCCCN(CCO)CC(=O)NC(C)c1ccccc1C. The highest BCUT2D eigenvalue weighted by molar-refractivity contribution is 5.78. The van der Waals surface area contributed by atoms with Crippen LogP contribution in [0.2, 0.25) is 0 Å². The van der Waals surface area contributed by atoms with Crippen LogP contribution in [0.1, 0.15) is 43.9 Å². The number of rotatable bonds is 9. The number of benzene rings is 1. The van der Waals surface area contributed by atoms with Gasteiger partial charge in [-0.05, 0) is 37.9 Å². The van der Waals surface area contributed by atoms with E-state index >= 15 is 0 Å². The van der Waals surface area contributed by atoms with Crippen molar-refractivity contribution in [3.8, 4) is 0 Å². The Morgan fingerprint density at radius 1 is 1.33 bits per heavy atom. The highest BCUT2D eigenvalue weighted by atomic mass is 16.3. The Balaban J connectivity index is 2.53. The van der Waals surface area contributed by atoms with Crippen LogP contribution in [0.15, 0.2) is 24.3 Å². The second-order valence-electron chi connectivity index (χ2n) is 5.50. The standard InChI is InChI=1S/C17H28N2O2/c1-4-5-10-19(11-12-20)13-17(21)18-15(3)16-9-7-6-8-14(16)2/h6-9,15,20H,4-5,10-13H2,1-3H3,(H,18,21). The van der Waals surface area contributed by atoms with Gasteiger partial charge in [-0.2, -0.15) is 0 Å². The van der Waals surface area contributed by atoms with Gasteiger partial charge in [0.05, 0.1) is 19.2 Å². The summed E-state index contributed by atoms with van der Waals surface area (Å²) in [4.78, 5) is 14.2. The summed E-state index contributed by atoms with van der Waals surface area (Å²) in [6, 6.07) is 8.09. The zero-order chi connectivity index (χ0) is 15.7. The van der Waals surface area contributed by atoms with Crippen molar-refractivity contribution < 1.29 is 9.90 Å². The van der Waals surface area contributed by atoms with Crippen molar-refractivity contribution in [2.75, 3.05) is 26.2 Å². The van der Waals surface area contributed by atoms with Crippen LogP contribution in [0.3, 0.4) is 0 Å². The maximum absolute atomic E-state index is 12.2. The van der Waals surface area contributed by atoms with E-state index < -0.39 is 0 Å². The van der Waals surface area contributed by atoms with Gasteiger partial charge >= 0.3 is 0 Å². The molecule has 2 N–H and O–H groups in total. The molecule has 0 heterocycles. The molecule has 1 atom stereocenters. The monoisotopic (exact) mass is 292 g/mol. The van der Waals surface area contributed by atoms with Crippen molar-refractivity contribution in [2.45, 2.75) is 39.7 Å². The first-order valence-electron chi connectivity index (χ1n) is 7.76. The average molecular weight is 292 g/mol. The molecule has 0 aromatic heterocycles. The van der Waals surface area contributed by atoms with Gasteiger partial charge < -0.3 is 10.4 Å². The van der Waals surface area contributed by atoms with Gasteiger partial charge in [-0.3, -0.25) is 9.69 Å². The van der Waals surface area contributed by atoms with Crippen LogP contribution in [0.25, 0.3) is 0 Å². The molecule has 118 valence electrons. The number of hydrogen-bond donors (Lipinski definition) is 2. The molecule has 1 amide bonds. The van der Waals surface area contributed by atoms with Gasteiger partial charge in [0.2, 0.25) is 5.91 Å². The highest BCUT2D eigenvalue weighted by Gasteiger charge is 2.14. The lowest BCUT2D eigenvalue weighted by Gasteiger charge is -2.22. The van der Waals surface area contributed by atoms with E-state index in [1.54, 1.807) is 0 Å². The van der Waals surface area contributed by atoms with E-state index in [1.807, 2.05) is 30.0 Å². The van der Waals surface area contributed by atoms with Crippen LogP contribution in [-0.4, -0.2) is 42.2 Å². The minimum atomic E-state index is 0.000789. The largest absolute Gasteiger partial charge is 0.395 e. The molecule has 1 rings (SSSR count). The van der Waals surface area contributed by atoms with Crippen molar-refractivity contribution in [3.05, 3.63) is 35.4 Å². The zero-order valence-electron chi connectivity index (χ0n) is 13.4. The molecule has 0 fully saturated rings. The maximum atomic E-state index is 12.2. The predicted octanol–water partition coefficient (Wildman–Crippen LogP) is 2.27. The number of aliphatic hydroxyl groups is 1. The van der Waals surface area contributed by atoms with Crippen LogP contribution in [0, 0.1) is 6.92 Å². The summed E-state index contributed by atoms with van der Waals surface area (Å²) in [5.41, 5.74) is 2.33. The van der Waals surface area contributed by atoms with Crippen molar-refractivity contribution in [3.63, 3.8) is 0 Å². The van der Waals surface area contributed by atoms with E-state index in [0.717, 1.165) is 24.9 Å². The second kappa shape index (κ2) is 9.53. The number of nitrogens with one attached hydrogen (secondary N) is 1. The Morgan fingerprint density at radius 2 is 2.05 bits per heavy atom. The summed E-state index contributed by atoms with van der Waals surface area (Å²) in [7, 11) is 0. The van der Waals surface area contributed by atoms with E-state index in [9.17, 15) is 4.79 Å². The summed E-state index contributed by atoms with van der Waals surface area (Å²) in [6.07, 6.45) is 2.13. The molecule has 1 unspecified atom stereocenters. The van der Waals surface area contributed by atoms with E-state index in [1.165, 1.54) is 5.56 Å². The van der Waals surface area contributed by atoms with E-state index in [2.05, 4.69) is 25.2 Å². The first-order chi connectivity index (χ1) is 10.1. The number of aryl methyl sites for hydroxylation is 1. The van der Waals surface area contributed by atoms with Gasteiger partial charge in [-0.1, -0.05) is 37.6 Å². The first-order valence-corrected chi connectivity index (χ1v) is 7.76. The lowest BCUT2D eigenvalue weighted by Crippen LogP contribution is -2.40. The molecule has 1 aromatic rings. The molecule has 1 aromatic carbocycles. The minimum Gasteiger partial charge on any atom is -0.395 e. The van der Waals surface area contributed by atoms with Crippen LogP contribution < -0.4 is 5.32 Å². The molecule has 4 nitrogen and oxygen atoms in total. The molecular formula is C17H28N2O2. The maximum Gasteiger partial charge on any atom is 0.234 e. The molecule has 0 saturated carbocycles. The Morgan fingerprint density at radius 3 is 2.67 bits per heavy atom. The van der Waals surface area contributed by atoms with Gasteiger partial charge in [0.15, 0.2) is 0 Å².